The average Bonchev–Trinajstić information content (AvgIpc) is 3.28. The molecule has 4 aromatic rings. The van der Waals surface area contributed by atoms with Gasteiger partial charge in [-0.15, -0.1) is 0 Å². The molecule has 130 valence electrons. The maximum atomic E-state index is 6.00. The molecule has 0 bridgehead atoms. The number of nitrogen functional groups attached to an aromatic ring is 1. The number of aromatic nitrogens is 4. The molecule has 0 amide bonds. The second-order valence-corrected chi connectivity index (χ2v) is 6.85. The number of hydrogen-bond donors (Lipinski definition) is 2. The van der Waals surface area contributed by atoms with Crippen molar-refractivity contribution in [3.63, 3.8) is 0 Å². The van der Waals surface area contributed by atoms with Crippen molar-refractivity contribution in [2.24, 2.45) is 0 Å². The average molecular weight is 383 g/mol. The first-order valence-corrected chi connectivity index (χ1v) is 9.07. The van der Waals surface area contributed by atoms with Gasteiger partial charge in [0.15, 0.2) is 5.82 Å². The number of rotatable bonds is 5. The number of nitrogens with one attached hydrogen (secondary N) is 1. The van der Waals surface area contributed by atoms with Crippen LogP contribution in [0.5, 0.6) is 0 Å². The highest BCUT2D eigenvalue weighted by molar-refractivity contribution is 7.05. The van der Waals surface area contributed by atoms with Crippen molar-refractivity contribution in [1.82, 2.24) is 19.0 Å². The van der Waals surface area contributed by atoms with Crippen molar-refractivity contribution >= 4 is 29.1 Å². The van der Waals surface area contributed by atoms with Gasteiger partial charge >= 0.3 is 0 Å². The van der Waals surface area contributed by atoms with Crippen LogP contribution in [0, 0.1) is 0 Å². The first-order chi connectivity index (χ1) is 12.7. The number of halogens is 1. The van der Waals surface area contributed by atoms with E-state index in [1.807, 2.05) is 60.8 Å². The molecule has 2 heterocycles. The summed E-state index contributed by atoms with van der Waals surface area (Å²) in [6.07, 6.45) is 1.87. The van der Waals surface area contributed by atoms with Crippen LogP contribution in [0.4, 0.5) is 5.95 Å². The third-order valence-electron chi connectivity index (χ3n) is 3.77. The number of imidazole rings is 1. The van der Waals surface area contributed by atoms with Gasteiger partial charge in [0, 0.05) is 16.1 Å². The second kappa shape index (κ2) is 7.15. The van der Waals surface area contributed by atoms with Crippen LogP contribution in [0.25, 0.3) is 22.6 Å². The zero-order valence-electron chi connectivity index (χ0n) is 13.6. The molecule has 0 aliphatic rings. The smallest absolute Gasteiger partial charge is 0.219 e. The van der Waals surface area contributed by atoms with Crippen LogP contribution in [0.2, 0.25) is 5.02 Å². The number of nitrogens with zero attached hydrogens (tertiary/aromatic N) is 4. The minimum atomic E-state index is 0.395. The Morgan fingerprint density at radius 3 is 2.54 bits per heavy atom. The van der Waals surface area contributed by atoms with E-state index in [0.717, 1.165) is 21.8 Å². The van der Waals surface area contributed by atoms with Crippen LogP contribution in [0.3, 0.4) is 0 Å². The molecule has 0 atom stereocenters. The lowest BCUT2D eigenvalue weighted by Crippen LogP contribution is -2.15. The highest BCUT2D eigenvalue weighted by Crippen LogP contribution is 2.21. The molecule has 0 unspecified atom stereocenters. The number of hydrogen-bond acceptors (Lipinski definition) is 6. The summed E-state index contributed by atoms with van der Waals surface area (Å²) < 4.78 is 6.10. The molecule has 0 radical (unpaired) electrons. The van der Waals surface area contributed by atoms with Crippen LogP contribution < -0.4 is 11.2 Å². The van der Waals surface area contributed by atoms with E-state index in [1.54, 1.807) is 4.68 Å². The van der Waals surface area contributed by atoms with E-state index in [1.165, 1.54) is 11.5 Å². The summed E-state index contributed by atoms with van der Waals surface area (Å²) >= 11 is 7.26. The van der Waals surface area contributed by atoms with Gasteiger partial charge in [0.2, 0.25) is 5.95 Å². The molecule has 8 heteroatoms. The van der Waals surface area contributed by atoms with E-state index in [0.29, 0.717) is 23.3 Å². The Labute approximate surface area is 159 Å². The van der Waals surface area contributed by atoms with Crippen LogP contribution in [0.15, 0.2) is 60.8 Å². The first-order valence-electron chi connectivity index (χ1n) is 7.92. The highest BCUT2D eigenvalue weighted by Gasteiger charge is 2.09. The minimum absolute atomic E-state index is 0.395. The van der Waals surface area contributed by atoms with E-state index >= 15 is 0 Å². The summed E-state index contributed by atoms with van der Waals surface area (Å²) in [6.45, 7) is 0.500. The lowest BCUT2D eigenvalue weighted by atomic mass is 10.2. The molecule has 2 aromatic carbocycles. The molecule has 0 saturated heterocycles. The fourth-order valence-corrected chi connectivity index (χ4v) is 3.19. The molecule has 6 nitrogen and oxygen atoms in total. The van der Waals surface area contributed by atoms with Gasteiger partial charge in [-0.3, -0.25) is 0 Å². The topological polar surface area (TPSA) is 81.6 Å². The van der Waals surface area contributed by atoms with Gasteiger partial charge in [0.1, 0.15) is 5.01 Å². The summed E-state index contributed by atoms with van der Waals surface area (Å²) in [5, 5.41) is 1.54. The van der Waals surface area contributed by atoms with E-state index < -0.39 is 0 Å². The van der Waals surface area contributed by atoms with E-state index in [9.17, 15) is 0 Å². The molecule has 2 aromatic heterocycles. The molecular weight excluding hydrogens is 368 g/mol. The lowest BCUT2D eigenvalue weighted by Gasteiger charge is -2.05. The van der Waals surface area contributed by atoms with Gasteiger partial charge in [0.05, 0.1) is 18.4 Å². The van der Waals surface area contributed by atoms with Gasteiger partial charge in [-0.1, -0.05) is 41.9 Å². The lowest BCUT2D eigenvalue weighted by molar-refractivity contribution is 0.846. The largest absolute Gasteiger partial charge is 0.368 e. The summed E-state index contributed by atoms with van der Waals surface area (Å²) in [5.41, 5.74) is 12.0. The monoisotopic (exact) mass is 382 g/mol. The van der Waals surface area contributed by atoms with Crippen molar-refractivity contribution in [3.05, 3.63) is 70.8 Å². The molecule has 0 saturated carbocycles. The third-order valence-corrected chi connectivity index (χ3v) is 4.74. The normalized spacial score (nSPS) is 10.8. The van der Waals surface area contributed by atoms with Gasteiger partial charge in [-0.25, -0.2) is 14.6 Å². The van der Waals surface area contributed by atoms with Crippen molar-refractivity contribution in [1.29, 1.82) is 0 Å². The zero-order valence-corrected chi connectivity index (χ0v) is 15.2. The Morgan fingerprint density at radius 2 is 1.77 bits per heavy atom. The first kappa shape index (κ1) is 16.6. The fraction of sp³-hybridized carbons (Fsp3) is 0.0556. The SMILES string of the molecule is Nc1nc(-c2ccccc2)cn1NCc1nc(-c2ccc(Cl)cc2)ns1. The summed E-state index contributed by atoms with van der Waals surface area (Å²) in [4.78, 5) is 8.93. The van der Waals surface area contributed by atoms with Crippen LogP contribution >= 0.6 is 23.1 Å². The zero-order chi connectivity index (χ0) is 17.9. The van der Waals surface area contributed by atoms with Gasteiger partial charge in [-0.05, 0) is 35.8 Å². The van der Waals surface area contributed by atoms with Gasteiger partial charge in [-0.2, -0.15) is 4.37 Å². The molecule has 0 aliphatic heterocycles. The van der Waals surface area contributed by atoms with Gasteiger partial charge < -0.3 is 11.2 Å². The quantitative estimate of drug-likeness (QED) is 0.544. The molecule has 4 rings (SSSR count). The minimum Gasteiger partial charge on any atom is -0.368 e. The number of nitrogens with two attached hydrogens (primary N) is 1. The van der Waals surface area contributed by atoms with Crippen LogP contribution in [0.1, 0.15) is 5.01 Å². The van der Waals surface area contributed by atoms with E-state index in [2.05, 4.69) is 19.8 Å². The molecular formula is C18H15ClN6S. The molecule has 0 fully saturated rings. The van der Waals surface area contributed by atoms with Crippen molar-refractivity contribution < 1.29 is 0 Å². The predicted octanol–water partition coefficient (Wildman–Crippen LogP) is 4.05. The fourth-order valence-electron chi connectivity index (χ4n) is 2.46. The van der Waals surface area contributed by atoms with Gasteiger partial charge in [0.25, 0.3) is 0 Å². The maximum Gasteiger partial charge on any atom is 0.219 e. The summed E-state index contributed by atoms with van der Waals surface area (Å²) in [5.74, 6) is 1.08. The van der Waals surface area contributed by atoms with Crippen molar-refractivity contribution in [2.45, 2.75) is 6.54 Å². The predicted molar refractivity (Wildman–Crippen MR) is 105 cm³/mol. The Kier molecular flexibility index (Phi) is 4.55. The molecule has 26 heavy (non-hydrogen) atoms. The molecule has 0 spiro atoms. The van der Waals surface area contributed by atoms with Crippen molar-refractivity contribution in [3.8, 4) is 22.6 Å². The van der Waals surface area contributed by atoms with Crippen LogP contribution in [-0.2, 0) is 6.54 Å². The molecule has 0 aliphatic carbocycles. The van der Waals surface area contributed by atoms with Crippen LogP contribution in [-0.4, -0.2) is 19.0 Å². The Hall–Kier alpha value is -2.90. The number of benzene rings is 2. The standard InChI is InChI=1S/C18H15ClN6S/c19-14-8-6-13(7-9-14)17-23-16(26-24-17)10-21-25-11-15(22-18(25)20)12-4-2-1-3-5-12/h1-9,11,21H,10H2,(H2,20,22). The number of anilines is 1. The summed E-state index contributed by atoms with van der Waals surface area (Å²) in [7, 11) is 0. The summed E-state index contributed by atoms with van der Waals surface area (Å²) in [6, 6.07) is 17.4. The molecule has 3 N–H and O–H groups in total. The van der Waals surface area contributed by atoms with Crippen molar-refractivity contribution in [2.75, 3.05) is 11.2 Å². The third kappa shape index (κ3) is 3.54. The Bertz CT molecular complexity index is 1010. The maximum absolute atomic E-state index is 6.00. The Morgan fingerprint density at radius 1 is 1.00 bits per heavy atom. The Balaban J connectivity index is 1.46. The highest BCUT2D eigenvalue weighted by atomic mass is 35.5. The van der Waals surface area contributed by atoms with E-state index in [-0.39, 0.29) is 0 Å². The second-order valence-electron chi connectivity index (χ2n) is 5.57. The van der Waals surface area contributed by atoms with E-state index in [4.69, 9.17) is 17.3 Å².